The highest BCUT2D eigenvalue weighted by atomic mass is 16.2. The number of aromatic nitrogens is 2. The number of hydrogen-bond acceptors (Lipinski definition) is 3. The molecule has 2 saturated carbocycles. The number of amides is 1. The zero-order chi connectivity index (χ0) is 13.6. The van der Waals surface area contributed by atoms with Crippen LogP contribution in [-0.2, 0) is 11.3 Å². The van der Waals surface area contributed by atoms with Crippen LogP contribution in [0.1, 0.15) is 37.1 Å². The van der Waals surface area contributed by atoms with E-state index in [1.54, 1.807) is 4.68 Å². The smallest absolute Gasteiger partial charge is 0.241 e. The fraction of sp³-hybridized carbons (Fsp3) is 0.714. The van der Waals surface area contributed by atoms with Crippen molar-refractivity contribution in [3.63, 3.8) is 0 Å². The van der Waals surface area contributed by atoms with Crippen LogP contribution in [0, 0.1) is 25.2 Å². The number of nitrogens with one attached hydrogen (secondary N) is 1. The zero-order valence-corrected chi connectivity index (χ0v) is 11.7. The van der Waals surface area contributed by atoms with E-state index in [1.165, 1.54) is 25.7 Å². The highest BCUT2D eigenvalue weighted by molar-refractivity contribution is 5.76. The summed E-state index contributed by atoms with van der Waals surface area (Å²) in [6.45, 7) is 4.87. The van der Waals surface area contributed by atoms with Crippen molar-refractivity contribution in [1.82, 2.24) is 15.1 Å². The van der Waals surface area contributed by atoms with E-state index >= 15 is 0 Å². The zero-order valence-electron chi connectivity index (χ0n) is 11.7. The Kier molecular flexibility index (Phi) is 2.80. The minimum Gasteiger partial charge on any atom is -0.396 e. The molecule has 0 saturated heterocycles. The van der Waals surface area contributed by atoms with Crippen molar-refractivity contribution in [2.75, 3.05) is 12.3 Å². The van der Waals surface area contributed by atoms with Gasteiger partial charge in [0.1, 0.15) is 6.54 Å². The summed E-state index contributed by atoms with van der Waals surface area (Å²) >= 11 is 0. The molecule has 3 N–H and O–H groups in total. The quantitative estimate of drug-likeness (QED) is 0.842. The lowest BCUT2D eigenvalue weighted by molar-refractivity contribution is -0.122. The van der Waals surface area contributed by atoms with Gasteiger partial charge in [-0.2, -0.15) is 5.10 Å². The highest BCUT2D eigenvalue weighted by Gasteiger charge is 2.53. The molecule has 0 spiro atoms. The normalized spacial score (nSPS) is 20.3. The first-order valence-corrected chi connectivity index (χ1v) is 7.08. The molecule has 2 fully saturated rings. The Labute approximate surface area is 113 Å². The average molecular weight is 262 g/mol. The molecule has 104 valence electrons. The van der Waals surface area contributed by atoms with Crippen molar-refractivity contribution in [2.45, 2.75) is 46.1 Å². The SMILES string of the molecule is Cc1nn(CC(=O)NCC2(C3CC3)CC2)c(C)c1N. The van der Waals surface area contributed by atoms with Crippen molar-refractivity contribution in [2.24, 2.45) is 11.3 Å². The Morgan fingerprint density at radius 2 is 2.16 bits per heavy atom. The molecule has 0 bridgehead atoms. The molecule has 0 radical (unpaired) electrons. The fourth-order valence-electron chi connectivity index (χ4n) is 2.92. The molecule has 1 amide bonds. The summed E-state index contributed by atoms with van der Waals surface area (Å²) < 4.78 is 1.69. The summed E-state index contributed by atoms with van der Waals surface area (Å²) in [6, 6.07) is 0. The Morgan fingerprint density at radius 1 is 1.47 bits per heavy atom. The maximum Gasteiger partial charge on any atom is 0.241 e. The van der Waals surface area contributed by atoms with Crippen LogP contribution >= 0.6 is 0 Å². The fourth-order valence-corrected chi connectivity index (χ4v) is 2.92. The number of rotatable bonds is 5. The predicted molar refractivity (Wildman–Crippen MR) is 73.5 cm³/mol. The molecular formula is C14H22N4O. The van der Waals surface area contributed by atoms with Gasteiger partial charge in [0.2, 0.25) is 5.91 Å². The van der Waals surface area contributed by atoms with Gasteiger partial charge in [-0.3, -0.25) is 9.48 Å². The Balaban J connectivity index is 1.55. The molecule has 1 heterocycles. The lowest BCUT2D eigenvalue weighted by atomic mass is 10.0. The van der Waals surface area contributed by atoms with Gasteiger partial charge in [0.05, 0.1) is 17.1 Å². The number of nitrogens with zero attached hydrogens (tertiary/aromatic N) is 2. The first-order chi connectivity index (χ1) is 9.02. The Hall–Kier alpha value is -1.52. The van der Waals surface area contributed by atoms with Crippen molar-refractivity contribution in [1.29, 1.82) is 0 Å². The van der Waals surface area contributed by atoms with Gasteiger partial charge in [0, 0.05) is 6.54 Å². The van der Waals surface area contributed by atoms with E-state index in [0.29, 0.717) is 11.1 Å². The van der Waals surface area contributed by atoms with E-state index in [0.717, 1.165) is 23.9 Å². The summed E-state index contributed by atoms with van der Waals surface area (Å²) in [6.07, 6.45) is 5.27. The molecule has 3 rings (SSSR count). The molecule has 0 aliphatic heterocycles. The summed E-state index contributed by atoms with van der Waals surface area (Å²) in [5, 5.41) is 7.36. The number of carbonyl (C=O) groups is 1. The van der Waals surface area contributed by atoms with E-state index in [1.807, 2.05) is 13.8 Å². The maximum absolute atomic E-state index is 12.0. The molecular weight excluding hydrogens is 240 g/mol. The van der Waals surface area contributed by atoms with Gasteiger partial charge >= 0.3 is 0 Å². The molecule has 5 nitrogen and oxygen atoms in total. The van der Waals surface area contributed by atoms with Gasteiger partial charge in [0.25, 0.3) is 0 Å². The van der Waals surface area contributed by atoms with Crippen LogP contribution in [0.15, 0.2) is 0 Å². The van der Waals surface area contributed by atoms with Gasteiger partial charge in [-0.15, -0.1) is 0 Å². The van der Waals surface area contributed by atoms with Crippen LogP contribution in [0.3, 0.4) is 0 Å². The third-order valence-corrected chi connectivity index (χ3v) is 4.70. The molecule has 2 aliphatic rings. The predicted octanol–water partition coefficient (Wildman–Crippen LogP) is 1.39. The molecule has 1 aromatic rings. The van der Waals surface area contributed by atoms with E-state index in [2.05, 4.69) is 10.4 Å². The monoisotopic (exact) mass is 262 g/mol. The van der Waals surface area contributed by atoms with Crippen LogP contribution in [0.5, 0.6) is 0 Å². The van der Waals surface area contributed by atoms with Crippen molar-refractivity contribution in [3.8, 4) is 0 Å². The molecule has 19 heavy (non-hydrogen) atoms. The van der Waals surface area contributed by atoms with Crippen LogP contribution in [-0.4, -0.2) is 22.2 Å². The largest absolute Gasteiger partial charge is 0.396 e. The Morgan fingerprint density at radius 3 is 2.63 bits per heavy atom. The second-order valence-corrected chi connectivity index (χ2v) is 6.16. The topological polar surface area (TPSA) is 72.9 Å². The molecule has 5 heteroatoms. The molecule has 0 aromatic carbocycles. The van der Waals surface area contributed by atoms with Gasteiger partial charge in [0.15, 0.2) is 0 Å². The van der Waals surface area contributed by atoms with Gasteiger partial charge in [-0.05, 0) is 50.9 Å². The average Bonchev–Trinajstić information content (AvgIpc) is 3.25. The number of aryl methyl sites for hydroxylation is 1. The van der Waals surface area contributed by atoms with Crippen molar-refractivity contribution in [3.05, 3.63) is 11.4 Å². The van der Waals surface area contributed by atoms with Crippen molar-refractivity contribution < 1.29 is 4.79 Å². The Bertz CT molecular complexity index is 512. The van der Waals surface area contributed by atoms with Crippen LogP contribution in [0.25, 0.3) is 0 Å². The summed E-state index contributed by atoms with van der Waals surface area (Å²) in [7, 11) is 0. The number of anilines is 1. The first-order valence-electron chi connectivity index (χ1n) is 7.08. The van der Waals surface area contributed by atoms with Crippen LogP contribution < -0.4 is 11.1 Å². The van der Waals surface area contributed by atoms with E-state index in [-0.39, 0.29) is 12.5 Å². The minimum absolute atomic E-state index is 0.0394. The standard InChI is InChI=1S/C14H22N4O/c1-9-13(15)10(2)18(17-9)7-12(19)16-8-14(5-6-14)11-3-4-11/h11H,3-8,15H2,1-2H3,(H,16,19). The van der Waals surface area contributed by atoms with Crippen molar-refractivity contribution >= 4 is 11.6 Å². The first kappa shape index (κ1) is 12.5. The highest BCUT2D eigenvalue weighted by Crippen LogP contribution is 2.60. The number of nitrogens with two attached hydrogens (primary N) is 1. The number of hydrogen-bond donors (Lipinski definition) is 2. The van der Waals surface area contributed by atoms with Crippen LogP contribution in [0.4, 0.5) is 5.69 Å². The van der Waals surface area contributed by atoms with E-state index in [4.69, 9.17) is 5.73 Å². The van der Waals surface area contributed by atoms with Crippen LogP contribution in [0.2, 0.25) is 0 Å². The molecule has 2 aliphatic carbocycles. The van der Waals surface area contributed by atoms with E-state index in [9.17, 15) is 4.79 Å². The maximum atomic E-state index is 12.0. The van der Waals surface area contributed by atoms with Gasteiger partial charge in [-0.25, -0.2) is 0 Å². The number of nitrogen functional groups attached to an aromatic ring is 1. The second kappa shape index (κ2) is 4.25. The third kappa shape index (κ3) is 2.33. The van der Waals surface area contributed by atoms with Gasteiger partial charge < -0.3 is 11.1 Å². The summed E-state index contributed by atoms with van der Waals surface area (Å²) in [5.74, 6) is 0.912. The molecule has 0 unspecified atom stereocenters. The minimum atomic E-state index is 0.0394. The number of carbonyl (C=O) groups excluding carboxylic acids is 1. The lowest BCUT2D eigenvalue weighted by Crippen LogP contribution is -2.34. The van der Waals surface area contributed by atoms with E-state index < -0.39 is 0 Å². The third-order valence-electron chi connectivity index (χ3n) is 4.70. The lowest BCUT2D eigenvalue weighted by Gasteiger charge is -2.15. The molecule has 1 aromatic heterocycles. The summed E-state index contributed by atoms with van der Waals surface area (Å²) in [5.41, 5.74) is 8.66. The molecule has 0 atom stereocenters. The second-order valence-electron chi connectivity index (χ2n) is 6.16. The van der Waals surface area contributed by atoms with Gasteiger partial charge in [-0.1, -0.05) is 0 Å². The summed E-state index contributed by atoms with van der Waals surface area (Å²) in [4.78, 5) is 12.0.